The lowest BCUT2D eigenvalue weighted by molar-refractivity contribution is 0.944. The molecular formula is C21H22N4. The number of anilines is 3. The Bertz CT molecular complexity index is 829. The molecular weight excluding hydrogens is 308 g/mol. The molecule has 0 amide bonds. The summed E-state index contributed by atoms with van der Waals surface area (Å²) in [7, 11) is 0. The molecule has 0 radical (unpaired) electrons. The van der Waals surface area contributed by atoms with Gasteiger partial charge in [-0.2, -0.15) is 4.98 Å². The number of nitrogens with one attached hydrogen (secondary N) is 1. The minimum absolute atomic E-state index is 0.554. The van der Waals surface area contributed by atoms with Crippen molar-refractivity contribution in [2.75, 3.05) is 16.8 Å². The van der Waals surface area contributed by atoms with E-state index in [1.165, 1.54) is 12.8 Å². The Balaban J connectivity index is 1.77. The second-order valence-corrected chi connectivity index (χ2v) is 6.30. The SMILES string of the molecule is CCN(c1ccccc1)c1nc(NC2CC2)cc(-c2ccccc2)n1. The molecule has 4 heteroatoms. The first-order valence-corrected chi connectivity index (χ1v) is 8.87. The Morgan fingerprint density at radius 1 is 0.960 bits per heavy atom. The van der Waals surface area contributed by atoms with E-state index < -0.39 is 0 Å². The maximum Gasteiger partial charge on any atom is 0.232 e. The van der Waals surface area contributed by atoms with Gasteiger partial charge in [0.1, 0.15) is 5.82 Å². The van der Waals surface area contributed by atoms with Crippen LogP contribution >= 0.6 is 0 Å². The van der Waals surface area contributed by atoms with Crippen molar-refractivity contribution in [1.29, 1.82) is 0 Å². The molecule has 1 N–H and O–H groups in total. The second kappa shape index (κ2) is 6.93. The van der Waals surface area contributed by atoms with Crippen LogP contribution in [0.25, 0.3) is 11.3 Å². The number of aromatic nitrogens is 2. The van der Waals surface area contributed by atoms with Crippen LogP contribution in [0.2, 0.25) is 0 Å². The molecule has 1 fully saturated rings. The highest BCUT2D eigenvalue weighted by atomic mass is 15.3. The van der Waals surface area contributed by atoms with Crippen molar-refractivity contribution in [1.82, 2.24) is 9.97 Å². The van der Waals surface area contributed by atoms with Crippen LogP contribution in [0.4, 0.5) is 17.5 Å². The zero-order valence-electron chi connectivity index (χ0n) is 14.4. The van der Waals surface area contributed by atoms with Crippen LogP contribution in [0.15, 0.2) is 66.7 Å². The van der Waals surface area contributed by atoms with E-state index in [4.69, 9.17) is 9.97 Å². The number of hydrogen-bond acceptors (Lipinski definition) is 4. The highest BCUT2D eigenvalue weighted by molar-refractivity contribution is 5.67. The topological polar surface area (TPSA) is 41.1 Å². The fourth-order valence-electron chi connectivity index (χ4n) is 2.87. The summed E-state index contributed by atoms with van der Waals surface area (Å²) in [4.78, 5) is 11.8. The number of nitrogens with zero attached hydrogens (tertiary/aromatic N) is 3. The molecule has 0 atom stereocenters. The van der Waals surface area contributed by atoms with E-state index in [2.05, 4.69) is 47.5 Å². The molecule has 0 bridgehead atoms. The zero-order valence-corrected chi connectivity index (χ0v) is 14.4. The van der Waals surface area contributed by atoms with E-state index in [0.717, 1.165) is 35.3 Å². The van der Waals surface area contributed by atoms with E-state index in [1.54, 1.807) is 0 Å². The van der Waals surface area contributed by atoms with Crippen LogP contribution < -0.4 is 10.2 Å². The maximum atomic E-state index is 4.85. The third-order valence-corrected chi connectivity index (χ3v) is 4.34. The van der Waals surface area contributed by atoms with E-state index >= 15 is 0 Å². The predicted octanol–water partition coefficient (Wildman–Crippen LogP) is 4.88. The van der Waals surface area contributed by atoms with Gasteiger partial charge in [0.2, 0.25) is 5.95 Å². The molecule has 1 heterocycles. The van der Waals surface area contributed by atoms with E-state index in [0.29, 0.717) is 6.04 Å². The number of para-hydroxylation sites is 1. The molecule has 1 aliphatic rings. The number of hydrogen-bond donors (Lipinski definition) is 1. The Morgan fingerprint density at radius 3 is 2.28 bits per heavy atom. The average Bonchev–Trinajstić information content (AvgIpc) is 3.48. The lowest BCUT2D eigenvalue weighted by Crippen LogP contribution is -2.20. The first-order valence-electron chi connectivity index (χ1n) is 8.87. The van der Waals surface area contributed by atoms with E-state index in [1.807, 2.05) is 36.4 Å². The standard InChI is InChI=1S/C21H22N4/c1-2-25(18-11-7-4-8-12-18)21-23-19(16-9-5-3-6-10-16)15-20(24-21)22-17-13-14-17/h3-12,15,17H,2,13-14H2,1H3,(H,22,23,24). The van der Waals surface area contributed by atoms with Crippen molar-refractivity contribution in [3.8, 4) is 11.3 Å². The van der Waals surface area contributed by atoms with E-state index in [9.17, 15) is 0 Å². The van der Waals surface area contributed by atoms with Crippen molar-refractivity contribution in [3.63, 3.8) is 0 Å². The highest BCUT2D eigenvalue weighted by Gasteiger charge is 2.22. The minimum atomic E-state index is 0.554. The molecule has 4 nitrogen and oxygen atoms in total. The monoisotopic (exact) mass is 330 g/mol. The molecule has 0 unspecified atom stereocenters. The van der Waals surface area contributed by atoms with Crippen LogP contribution in [0, 0.1) is 0 Å². The van der Waals surface area contributed by atoms with Gasteiger partial charge in [-0.1, -0.05) is 48.5 Å². The summed E-state index contributed by atoms with van der Waals surface area (Å²) in [6.45, 7) is 2.94. The van der Waals surface area contributed by atoms with Gasteiger partial charge in [-0.15, -0.1) is 0 Å². The van der Waals surface area contributed by atoms with Gasteiger partial charge in [0.15, 0.2) is 0 Å². The van der Waals surface area contributed by atoms with Crippen molar-refractivity contribution in [2.45, 2.75) is 25.8 Å². The second-order valence-electron chi connectivity index (χ2n) is 6.30. The quantitative estimate of drug-likeness (QED) is 0.699. The molecule has 3 aromatic rings. The molecule has 2 aromatic carbocycles. The normalized spacial score (nSPS) is 13.5. The Kier molecular flexibility index (Phi) is 4.34. The van der Waals surface area contributed by atoms with Gasteiger partial charge < -0.3 is 10.2 Å². The van der Waals surface area contributed by atoms with Crippen molar-refractivity contribution < 1.29 is 0 Å². The van der Waals surface area contributed by atoms with E-state index in [-0.39, 0.29) is 0 Å². The van der Waals surface area contributed by atoms with Crippen LogP contribution in [0.3, 0.4) is 0 Å². The molecule has 0 spiro atoms. The van der Waals surface area contributed by atoms with Crippen LogP contribution in [0.1, 0.15) is 19.8 Å². The zero-order chi connectivity index (χ0) is 17.1. The average molecular weight is 330 g/mol. The smallest absolute Gasteiger partial charge is 0.232 e. The van der Waals surface area contributed by atoms with Gasteiger partial charge in [-0.25, -0.2) is 4.98 Å². The summed E-state index contributed by atoms with van der Waals surface area (Å²) in [5.74, 6) is 1.64. The molecule has 0 aliphatic heterocycles. The Labute approximate surface area is 148 Å². The molecule has 1 aliphatic carbocycles. The maximum absolute atomic E-state index is 4.85. The third kappa shape index (κ3) is 3.63. The fraction of sp³-hybridized carbons (Fsp3) is 0.238. The number of benzene rings is 2. The highest BCUT2D eigenvalue weighted by Crippen LogP contribution is 2.30. The summed E-state index contributed by atoms with van der Waals surface area (Å²) in [5.41, 5.74) is 3.16. The van der Waals surface area contributed by atoms with Gasteiger partial charge in [-0.05, 0) is 31.9 Å². The van der Waals surface area contributed by atoms with Gasteiger partial charge >= 0.3 is 0 Å². The van der Waals surface area contributed by atoms with Crippen molar-refractivity contribution in [2.24, 2.45) is 0 Å². The largest absolute Gasteiger partial charge is 0.367 e. The van der Waals surface area contributed by atoms with Crippen LogP contribution in [-0.2, 0) is 0 Å². The minimum Gasteiger partial charge on any atom is -0.367 e. The molecule has 0 saturated heterocycles. The summed E-state index contributed by atoms with van der Waals surface area (Å²) in [6.07, 6.45) is 2.44. The molecule has 4 rings (SSSR count). The van der Waals surface area contributed by atoms with Crippen LogP contribution in [-0.4, -0.2) is 22.6 Å². The van der Waals surface area contributed by atoms with Crippen molar-refractivity contribution >= 4 is 17.5 Å². The molecule has 25 heavy (non-hydrogen) atoms. The first kappa shape index (κ1) is 15.6. The summed E-state index contributed by atoms with van der Waals surface area (Å²) >= 11 is 0. The Morgan fingerprint density at radius 2 is 1.64 bits per heavy atom. The van der Waals surface area contributed by atoms with Crippen molar-refractivity contribution in [3.05, 3.63) is 66.7 Å². The summed E-state index contributed by atoms with van der Waals surface area (Å²) < 4.78 is 0. The lowest BCUT2D eigenvalue weighted by Gasteiger charge is -2.22. The van der Waals surface area contributed by atoms with Gasteiger partial charge in [-0.3, -0.25) is 0 Å². The third-order valence-electron chi connectivity index (χ3n) is 4.34. The van der Waals surface area contributed by atoms with Gasteiger partial charge in [0, 0.05) is 29.9 Å². The number of rotatable bonds is 6. The lowest BCUT2D eigenvalue weighted by atomic mass is 10.1. The first-order chi connectivity index (χ1) is 12.3. The van der Waals surface area contributed by atoms with Crippen LogP contribution in [0.5, 0.6) is 0 Å². The van der Waals surface area contributed by atoms with Gasteiger partial charge in [0.05, 0.1) is 5.69 Å². The van der Waals surface area contributed by atoms with Gasteiger partial charge in [0.25, 0.3) is 0 Å². The molecule has 1 saturated carbocycles. The predicted molar refractivity (Wildman–Crippen MR) is 103 cm³/mol. The summed E-state index contributed by atoms with van der Waals surface area (Å²) in [6, 6.07) is 23.2. The fourth-order valence-corrected chi connectivity index (χ4v) is 2.87. The molecule has 126 valence electrons. The molecule has 1 aromatic heterocycles. The Hall–Kier alpha value is -2.88. The summed E-state index contributed by atoms with van der Waals surface area (Å²) in [5, 5.41) is 3.52.